The number of nitrogens with zero attached hydrogens (tertiary/aromatic N) is 10. The summed E-state index contributed by atoms with van der Waals surface area (Å²) in [4.78, 5) is 102. The fourth-order valence-corrected chi connectivity index (χ4v) is 8.39. The first-order valence-corrected chi connectivity index (χ1v) is 22.9. The van der Waals surface area contributed by atoms with Gasteiger partial charge in [0.25, 0.3) is 11.8 Å². The molecule has 1 saturated heterocycles. The number of carbonyl (C=O) groups excluding carboxylic acids is 7. The Bertz CT molecular complexity index is 3090. The van der Waals surface area contributed by atoms with Crippen LogP contribution < -0.4 is 31.6 Å². The number of hydrogen-bond acceptors (Lipinski definition) is 14. The number of allylic oxidation sites excluding steroid dienone is 2. The van der Waals surface area contributed by atoms with Gasteiger partial charge in [0.05, 0.1) is 41.4 Å². The first-order valence-electron chi connectivity index (χ1n) is 22.4. The standard InChI is InChI=1S/C46H54N14O9S/c1-7-59-31(18-25(3)53-59)42(65)51-45-49-29-20-27(40(47)63)22-33(68-6)38(29)57(45)14-9-10-15-58-39-30(50-46(58)52-43(66)32-19-26(4)54-60(32)8-2)21-28(41(48)64)23-34(39)69-17-11-13-55(5)36(61)12-16-56-37(62)24-35(70)44(56)67/h9-10,18-23,35,70H,7-8,11-17,24H2,1-6H3,(H2,47,63)(H2,48,64)(H,49,51,65)(H,50,52,66)/b10-9+. The molecule has 6 N–H and O–H groups in total. The van der Waals surface area contributed by atoms with Crippen LogP contribution in [-0.2, 0) is 40.6 Å². The molecule has 1 aliphatic rings. The Hall–Kier alpha value is -8.02. The number of likely N-dealkylation sites (tertiary alicyclic amines) is 1. The van der Waals surface area contributed by atoms with Crippen LogP contribution in [-0.4, -0.2) is 129 Å². The number of amides is 7. The van der Waals surface area contributed by atoms with Gasteiger partial charge in [0.15, 0.2) is 0 Å². The van der Waals surface area contributed by atoms with Gasteiger partial charge in [-0.25, -0.2) is 9.97 Å². The van der Waals surface area contributed by atoms with Gasteiger partial charge >= 0.3 is 0 Å². The molecule has 4 aromatic heterocycles. The van der Waals surface area contributed by atoms with Gasteiger partial charge in [-0.1, -0.05) is 12.2 Å². The number of aryl methyl sites for hydroxylation is 4. The van der Waals surface area contributed by atoms with E-state index in [1.807, 2.05) is 13.8 Å². The molecular weight excluding hydrogens is 925 g/mol. The number of nitrogens with two attached hydrogens (primary N) is 2. The second-order valence-corrected chi connectivity index (χ2v) is 17.1. The lowest BCUT2D eigenvalue weighted by molar-refractivity contribution is -0.139. The van der Waals surface area contributed by atoms with E-state index in [1.165, 1.54) is 36.3 Å². The van der Waals surface area contributed by atoms with Crippen LogP contribution in [0.15, 0.2) is 48.6 Å². The van der Waals surface area contributed by atoms with Crippen LogP contribution >= 0.6 is 12.6 Å². The molecule has 2 aromatic carbocycles. The average Bonchev–Trinajstić information content (AvgIpc) is 4.13. The van der Waals surface area contributed by atoms with Crippen LogP contribution in [0.25, 0.3) is 22.1 Å². The van der Waals surface area contributed by atoms with E-state index in [0.29, 0.717) is 58.8 Å². The number of nitrogens with one attached hydrogen (secondary N) is 2. The molecule has 7 amide bonds. The number of primary amides is 2. The molecule has 368 valence electrons. The van der Waals surface area contributed by atoms with Crippen molar-refractivity contribution in [2.45, 2.75) is 78.4 Å². The maximum absolute atomic E-state index is 13.9. The largest absolute Gasteiger partial charge is 0.494 e. The molecule has 0 aliphatic carbocycles. The number of fused-ring (bicyclic) bond motifs is 2. The lowest BCUT2D eigenvalue weighted by atomic mass is 10.1. The Morgan fingerprint density at radius 3 is 1.76 bits per heavy atom. The average molecular weight is 979 g/mol. The minimum absolute atomic E-state index is 0.00368. The van der Waals surface area contributed by atoms with Gasteiger partial charge in [-0.3, -0.25) is 58.5 Å². The zero-order chi connectivity index (χ0) is 50.6. The number of benzene rings is 2. The predicted octanol–water partition coefficient (Wildman–Crippen LogP) is 3.08. The lowest BCUT2D eigenvalue weighted by Crippen LogP contribution is -2.36. The maximum Gasteiger partial charge on any atom is 0.276 e. The number of carbonyl (C=O) groups is 7. The van der Waals surface area contributed by atoms with Crippen LogP contribution in [0, 0.1) is 13.8 Å². The normalized spacial score (nSPS) is 13.8. The molecule has 1 aliphatic heterocycles. The number of methoxy groups -OCH3 is 1. The van der Waals surface area contributed by atoms with Gasteiger partial charge in [0.1, 0.15) is 33.9 Å². The summed E-state index contributed by atoms with van der Waals surface area (Å²) < 4.78 is 18.5. The number of thiol groups is 1. The predicted molar refractivity (Wildman–Crippen MR) is 260 cm³/mol. The zero-order valence-corrected chi connectivity index (χ0v) is 40.4. The van der Waals surface area contributed by atoms with E-state index in [-0.39, 0.29) is 97.5 Å². The Labute approximate surface area is 406 Å². The monoisotopic (exact) mass is 978 g/mol. The highest BCUT2D eigenvalue weighted by Crippen LogP contribution is 2.33. The molecule has 6 aromatic rings. The number of ether oxygens (including phenoxy) is 2. The van der Waals surface area contributed by atoms with Crippen LogP contribution in [0.5, 0.6) is 11.5 Å². The molecule has 24 heteroatoms. The number of aromatic nitrogens is 8. The van der Waals surface area contributed by atoms with Gasteiger partial charge in [0, 0.05) is 70.3 Å². The third-order valence-electron chi connectivity index (χ3n) is 11.6. The molecule has 1 fully saturated rings. The van der Waals surface area contributed by atoms with E-state index in [9.17, 15) is 33.6 Å². The van der Waals surface area contributed by atoms with E-state index < -0.39 is 34.8 Å². The first-order chi connectivity index (χ1) is 33.4. The second kappa shape index (κ2) is 21.1. The minimum Gasteiger partial charge on any atom is -0.494 e. The summed E-state index contributed by atoms with van der Waals surface area (Å²) in [6, 6.07) is 9.28. The highest BCUT2D eigenvalue weighted by Gasteiger charge is 2.36. The second-order valence-electron chi connectivity index (χ2n) is 16.4. The van der Waals surface area contributed by atoms with E-state index in [4.69, 9.17) is 25.9 Å². The van der Waals surface area contributed by atoms with E-state index in [1.54, 1.807) is 63.7 Å². The number of anilines is 2. The van der Waals surface area contributed by atoms with E-state index in [0.717, 1.165) is 4.90 Å². The smallest absolute Gasteiger partial charge is 0.276 e. The summed E-state index contributed by atoms with van der Waals surface area (Å²) in [5.74, 6) is -2.74. The molecule has 0 radical (unpaired) electrons. The topological polar surface area (TPSA) is 292 Å². The minimum atomic E-state index is -0.748. The van der Waals surface area contributed by atoms with E-state index >= 15 is 0 Å². The van der Waals surface area contributed by atoms with Crippen LogP contribution in [0.1, 0.15) is 86.2 Å². The van der Waals surface area contributed by atoms with Crippen molar-refractivity contribution < 1.29 is 43.0 Å². The third kappa shape index (κ3) is 10.5. The molecule has 23 nitrogen and oxygen atoms in total. The van der Waals surface area contributed by atoms with Crippen molar-refractivity contribution in [1.29, 1.82) is 0 Å². The maximum atomic E-state index is 13.9. The van der Waals surface area contributed by atoms with E-state index in [2.05, 4.69) is 38.4 Å². The highest BCUT2D eigenvalue weighted by molar-refractivity contribution is 7.81. The summed E-state index contributed by atoms with van der Waals surface area (Å²) >= 11 is 4.14. The number of imide groups is 1. The van der Waals surface area contributed by atoms with Crippen LogP contribution in [0.4, 0.5) is 11.9 Å². The summed E-state index contributed by atoms with van der Waals surface area (Å²) in [5, 5.41) is 13.9. The quantitative estimate of drug-likeness (QED) is 0.0300. The van der Waals surface area contributed by atoms with Crippen molar-refractivity contribution in [2.24, 2.45) is 11.5 Å². The van der Waals surface area contributed by atoms with Gasteiger partial charge in [-0.05, 0) is 70.5 Å². The Morgan fingerprint density at radius 2 is 1.30 bits per heavy atom. The fraction of sp³-hybridized carbons (Fsp3) is 0.370. The SMILES string of the molecule is CCn1nc(C)cc1C(=O)Nc1nc2cc(C(N)=O)cc(OC)c2n1C/C=C/Cn1c(NC(=O)c2cc(C)nn2CC)nc2cc(C(N)=O)cc(OCCCN(C)C(=O)CCN3C(=O)CC(S)C3=O)c21. The Kier molecular flexibility index (Phi) is 15.0. The lowest BCUT2D eigenvalue weighted by Gasteiger charge is -2.20. The summed E-state index contributed by atoms with van der Waals surface area (Å²) in [6.45, 7) is 8.60. The molecular formula is C46H54N14O9S. The van der Waals surface area contributed by atoms with Crippen molar-refractivity contribution in [3.05, 3.63) is 82.5 Å². The van der Waals surface area contributed by atoms with Gasteiger partial charge < -0.3 is 35.0 Å². The molecule has 0 bridgehead atoms. The van der Waals surface area contributed by atoms with Crippen molar-refractivity contribution in [3.8, 4) is 11.5 Å². The third-order valence-corrected chi connectivity index (χ3v) is 12.0. The summed E-state index contributed by atoms with van der Waals surface area (Å²) in [6.07, 6.45) is 3.86. The van der Waals surface area contributed by atoms with Gasteiger partial charge in [-0.2, -0.15) is 22.8 Å². The Morgan fingerprint density at radius 1 is 0.800 bits per heavy atom. The van der Waals surface area contributed by atoms with Crippen molar-refractivity contribution in [2.75, 3.05) is 44.5 Å². The summed E-state index contributed by atoms with van der Waals surface area (Å²) in [7, 11) is 3.04. The van der Waals surface area contributed by atoms with Crippen molar-refractivity contribution in [3.63, 3.8) is 0 Å². The molecule has 7 rings (SSSR count). The van der Waals surface area contributed by atoms with Gasteiger partial charge in [-0.15, -0.1) is 0 Å². The molecule has 0 spiro atoms. The summed E-state index contributed by atoms with van der Waals surface area (Å²) in [5.41, 5.74) is 15.0. The molecule has 1 unspecified atom stereocenters. The molecule has 0 saturated carbocycles. The Balaban J connectivity index is 1.19. The molecule has 70 heavy (non-hydrogen) atoms. The highest BCUT2D eigenvalue weighted by atomic mass is 32.1. The number of imidazole rings is 2. The number of rotatable bonds is 21. The van der Waals surface area contributed by atoms with Gasteiger partial charge in [0.2, 0.25) is 41.4 Å². The van der Waals surface area contributed by atoms with Crippen LogP contribution in [0.3, 0.4) is 0 Å². The first kappa shape index (κ1) is 49.9. The van der Waals surface area contributed by atoms with Crippen molar-refractivity contribution in [1.82, 2.24) is 48.5 Å². The number of hydrogen-bond donors (Lipinski definition) is 5. The van der Waals surface area contributed by atoms with Crippen molar-refractivity contribution >= 4 is 87.9 Å². The zero-order valence-electron chi connectivity index (χ0n) is 39.5. The molecule has 5 heterocycles. The fourth-order valence-electron chi connectivity index (χ4n) is 8.09. The molecule has 1 atom stereocenters. The van der Waals surface area contributed by atoms with Crippen LogP contribution in [0.2, 0.25) is 0 Å².